The van der Waals surface area contributed by atoms with Gasteiger partial charge < -0.3 is 10.1 Å². The van der Waals surface area contributed by atoms with Crippen molar-refractivity contribution in [3.63, 3.8) is 0 Å². The second kappa shape index (κ2) is 9.81. The third-order valence-electron chi connectivity index (χ3n) is 5.68. The molecule has 1 atom stereocenters. The Hall–Kier alpha value is -2.79. The van der Waals surface area contributed by atoms with Crippen molar-refractivity contribution in [1.82, 2.24) is 15.0 Å². The van der Waals surface area contributed by atoms with E-state index in [4.69, 9.17) is 14.7 Å². The number of hydrogen-bond acceptors (Lipinski definition) is 5. The van der Waals surface area contributed by atoms with Gasteiger partial charge in [-0.05, 0) is 41.8 Å². The van der Waals surface area contributed by atoms with E-state index in [1.807, 2.05) is 24.5 Å². The summed E-state index contributed by atoms with van der Waals surface area (Å²) in [6, 6.07) is 12.5. The molecule has 0 aliphatic carbocycles. The molecule has 1 unspecified atom stereocenters. The molecule has 0 radical (unpaired) electrons. The topological polar surface area (TPSA) is 59.9 Å². The molecule has 30 heavy (non-hydrogen) atoms. The first kappa shape index (κ1) is 20.5. The second-order valence-corrected chi connectivity index (χ2v) is 7.99. The maximum Gasteiger partial charge on any atom is 0.139 e. The molecule has 1 aromatic carbocycles. The number of nitrogens with zero attached hydrogens (tertiary/aromatic N) is 3. The number of aromatic nitrogens is 3. The molecule has 0 amide bonds. The van der Waals surface area contributed by atoms with E-state index in [-0.39, 0.29) is 0 Å². The number of rotatable bonds is 8. The molecule has 1 N–H and O–H groups in total. The Bertz CT molecular complexity index is 957. The summed E-state index contributed by atoms with van der Waals surface area (Å²) < 4.78 is 5.71. The van der Waals surface area contributed by atoms with Crippen molar-refractivity contribution in [2.24, 2.45) is 0 Å². The number of unbranched alkanes of at least 4 members (excludes halogenated alkanes) is 2. The zero-order chi connectivity index (χ0) is 20.8. The van der Waals surface area contributed by atoms with Gasteiger partial charge in [0.1, 0.15) is 11.6 Å². The van der Waals surface area contributed by atoms with E-state index in [0.717, 1.165) is 53.6 Å². The molecule has 4 rings (SSSR count). The quantitative estimate of drug-likeness (QED) is 0.466. The molecule has 0 saturated heterocycles. The molecule has 5 heteroatoms. The minimum atomic E-state index is 0.360. The summed E-state index contributed by atoms with van der Waals surface area (Å²) in [4.78, 5) is 13.9. The van der Waals surface area contributed by atoms with Crippen LogP contribution in [0, 0.1) is 0 Å². The molecule has 0 bridgehead atoms. The Morgan fingerprint density at radius 2 is 1.77 bits per heavy atom. The van der Waals surface area contributed by atoms with Crippen LogP contribution in [-0.4, -0.2) is 21.6 Å². The van der Waals surface area contributed by atoms with E-state index in [9.17, 15) is 0 Å². The average Bonchev–Trinajstić information content (AvgIpc) is 2.80. The molecule has 5 nitrogen and oxygen atoms in total. The molecule has 156 valence electrons. The molecule has 1 aliphatic heterocycles. The van der Waals surface area contributed by atoms with Gasteiger partial charge in [-0.1, -0.05) is 45.2 Å². The lowest BCUT2D eigenvalue weighted by Gasteiger charge is -2.22. The van der Waals surface area contributed by atoms with Gasteiger partial charge in [0, 0.05) is 36.0 Å². The summed E-state index contributed by atoms with van der Waals surface area (Å²) >= 11 is 0. The van der Waals surface area contributed by atoms with Gasteiger partial charge in [0.15, 0.2) is 0 Å². The summed E-state index contributed by atoms with van der Waals surface area (Å²) in [5.41, 5.74) is 5.56. The number of benzene rings is 1. The molecule has 0 fully saturated rings. The predicted molar refractivity (Wildman–Crippen MR) is 121 cm³/mol. The molecular formula is C25H30N4O. The van der Waals surface area contributed by atoms with Gasteiger partial charge >= 0.3 is 0 Å². The number of anilines is 2. The highest BCUT2D eigenvalue weighted by Crippen LogP contribution is 2.29. The highest BCUT2D eigenvalue weighted by atomic mass is 16.5. The van der Waals surface area contributed by atoms with Crippen LogP contribution in [0.5, 0.6) is 0 Å². The third kappa shape index (κ3) is 4.85. The lowest BCUT2D eigenvalue weighted by atomic mass is 10.0. The van der Waals surface area contributed by atoms with Crippen LogP contribution in [0.1, 0.15) is 62.5 Å². The van der Waals surface area contributed by atoms with Gasteiger partial charge in [0.05, 0.1) is 18.9 Å². The Morgan fingerprint density at radius 3 is 2.53 bits per heavy atom. The van der Waals surface area contributed by atoms with Crippen molar-refractivity contribution >= 4 is 11.5 Å². The van der Waals surface area contributed by atoms with Crippen LogP contribution in [0.15, 0.2) is 48.8 Å². The maximum atomic E-state index is 5.71. The Kier molecular flexibility index (Phi) is 6.70. The SMILES string of the molecule is CCCCCC(C)c1nc2c(c(Nc3ccc(-c4ccncc4)cc3)n1)COCC2. The first-order chi connectivity index (χ1) is 14.7. The number of nitrogens with one attached hydrogen (secondary N) is 1. The summed E-state index contributed by atoms with van der Waals surface area (Å²) in [5, 5.41) is 3.53. The standard InChI is InChI=1S/C25H30N4O/c1-3-4-5-6-18(2)24-28-23-13-16-30-17-22(23)25(29-24)27-21-9-7-19(8-10-21)20-11-14-26-15-12-20/h7-12,14-15,18H,3-6,13,16-17H2,1-2H3,(H,27,28,29). The Balaban J connectivity index is 1.57. The molecule has 0 saturated carbocycles. The molecule has 3 heterocycles. The average molecular weight is 403 g/mol. The first-order valence-corrected chi connectivity index (χ1v) is 11.0. The monoisotopic (exact) mass is 402 g/mol. The van der Waals surface area contributed by atoms with Crippen LogP contribution in [0.25, 0.3) is 11.1 Å². The van der Waals surface area contributed by atoms with E-state index in [0.29, 0.717) is 12.5 Å². The number of ether oxygens (including phenoxy) is 1. The minimum Gasteiger partial charge on any atom is -0.376 e. The molecule has 0 spiro atoms. The van der Waals surface area contributed by atoms with E-state index in [1.165, 1.54) is 24.8 Å². The largest absolute Gasteiger partial charge is 0.376 e. The fourth-order valence-electron chi connectivity index (χ4n) is 3.83. The van der Waals surface area contributed by atoms with E-state index < -0.39 is 0 Å². The fourth-order valence-corrected chi connectivity index (χ4v) is 3.83. The summed E-state index contributed by atoms with van der Waals surface area (Å²) in [6.07, 6.45) is 9.33. The maximum absolute atomic E-state index is 5.71. The van der Waals surface area contributed by atoms with Gasteiger partial charge in [-0.2, -0.15) is 0 Å². The normalized spacial score (nSPS) is 14.2. The van der Waals surface area contributed by atoms with Crippen LogP contribution in [-0.2, 0) is 17.8 Å². The second-order valence-electron chi connectivity index (χ2n) is 7.99. The molecule has 2 aromatic heterocycles. The number of hydrogen-bond donors (Lipinski definition) is 1. The van der Waals surface area contributed by atoms with Crippen molar-refractivity contribution in [3.8, 4) is 11.1 Å². The lowest BCUT2D eigenvalue weighted by Crippen LogP contribution is -2.18. The van der Waals surface area contributed by atoms with E-state index >= 15 is 0 Å². The van der Waals surface area contributed by atoms with E-state index in [1.54, 1.807) is 0 Å². The van der Waals surface area contributed by atoms with Crippen LogP contribution in [0.2, 0.25) is 0 Å². The zero-order valence-electron chi connectivity index (χ0n) is 17.9. The minimum absolute atomic E-state index is 0.360. The summed E-state index contributed by atoms with van der Waals surface area (Å²) in [6.45, 7) is 5.77. The summed E-state index contributed by atoms with van der Waals surface area (Å²) in [7, 11) is 0. The highest BCUT2D eigenvalue weighted by molar-refractivity contribution is 5.68. The molecule has 1 aliphatic rings. The van der Waals surface area contributed by atoms with Gasteiger partial charge in [-0.3, -0.25) is 4.98 Å². The lowest BCUT2D eigenvalue weighted by molar-refractivity contribution is 0.109. The van der Waals surface area contributed by atoms with Gasteiger partial charge in [0.25, 0.3) is 0 Å². The highest BCUT2D eigenvalue weighted by Gasteiger charge is 2.20. The van der Waals surface area contributed by atoms with Crippen molar-refractivity contribution in [1.29, 1.82) is 0 Å². The van der Waals surface area contributed by atoms with Crippen molar-refractivity contribution < 1.29 is 4.74 Å². The zero-order valence-corrected chi connectivity index (χ0v) is 17.9. The van der Waals surface area contributed by atoms with E-state index in [2.05, 4.69) is 48.4 Å². The van der Waals surface area contributed by atoms with Crippen LogP contribution in [0.3, 0.4) is 0 Å². The fraction of sp³-hybridized carbons (Fsp3) is 0.400. The van der Waals surface area contributed by atoms with Crippen molar-refractivity contribution in [2.75, 3.05) is 11.9 Å². The van der Waals surface area contributed by atoms with Crippen molar-refractivity contribution in [3.05, 3.63) is 65.9 Å². The third-order valence-corrected chi connectivity index (χ3v) is 5.68. The van der Waals surface area contributed by atoms with Crippen LogP contribution in [0.4, 0.5) is 11.5 Å². The summed E-state index contributed by atoms with van der Waals surface area (Å²) in [5.74, 6) is 2.19. The molecule has 3 aromatic rings. The first-order valence-electron chi connectivity index (χ1n) is 11.0. The van der Waals surface area contributed by atoms with Crippen LogP contribution < -0.4 is 5.32 Å². The van der Waals surface area contributed by atoms with Crippen molar-refractivity contribution in [2.45, 2.75) is 58.5 Å². The molecular weight excluding hydrogens is 372 g/mol. The number of pyridine rings is 1. The van der Waals surface area contributed by atoms with Gasteiger partial charge in [-0.25, -0.2) is 9.97 Å². The Labute approximate surface area is 179 Å². The Morgan fingerprint density at radius 1 is 1.00 bits per heavy atom. The van der Waals surface area contributed by atoms with Gasteiger partial charge in [-0.15, -0.1) is 0 Å². The predicted octanol–water partition coefficient (Wildman–Crippen LogP) is 6.04. The van der Waals surface area contributed by atoms with Crippen LogP contribution >= 0.6 is 0 Å². The van der Waals surface area contributed by atoms with Gasteiger partial charge in [0.2, 0.25) is 0 Å². The smallest absolute Gasteiger partial charge is 0.139 e. The number of fused-ring (bicyclic) bond motifs is 1.